The van der Waals surface area contributed by atoms with Crippen LogP contribution in [-0.4, -0.2) is 12.7 Å². The molecule has 0 saturated carbocycles. The molecular formula is C20H39O. The zero-order chi connectivity index (χ0) is 15.6. The molecule has 0 rings (SSSR count). The smallest absolute Gasteiger partial charge is 0.0576 e. The Balaban J connectivity index is 3.11. The molecular weight excluding hydrogens is 256 g/mol. The third-order valence-corrected chi connectivity index (χ3v) is 3.94. The van der Waals surface area contributed by atoms with E-state index >= 15 is 0 Å². The molecule has 0 aliphatic rings. The number of hydrogen-bond acceptors (Lipinski definition) is 1. The Bertz CT molecular complexity index is 210. The molecule has 1 nitrogen and oxygen atoms in total. The second-order valence-corrected chi connectivity index (χ2v) is 6.10. The largest absolute Gasteiger partial charge is 0.379 e. The molecule has 0 aliphatic carbocycles. The monoisotopic (exact) mass is 295 g/mol. The maximum absolute atomic E-state index is 5.43. The number of rotatable bonds is 16. The molecule has 0 fully saturated rings. The van der Waals surface area contributed by atoms with E-state index in [1.54, 1.807) is 0 Å². The van der Waals surface area contributed by atoms with Crippen molar-refractivity contribution in [1.29, 1.82) is 0 Å². The van der Waals surface area contributed by atoms with E-state index in [1.807, 2.05) is 6.92 Å². The molecule has 0 aromatic rings. The number of allylic oxidation sites excluding steroid dienone is 2. The van der Waals surface area contributed by atoms with Gasteiger partial charge in [0.25, 0.3) is 0 Å². The standard InChI is InChI=1S/C20H39O/c1-4-6-7-8-9-10-11-12-13-14-15-16-17-18-19-20(3)21-5-2/h12-13,20H,3-11,14-19H2,1-2H3/b13-12-. The van der Waals surface area contributed by atoms with Crippen molar-refractivity contribution in [1.82, 2.24) is 0 Å². The lowest BCUT2D eigenvalue weighted by Crippen LogP contribution is -2.07. The molecule has 1 atom stereocenters. The van der Waals surface area contributed by atoms with Gasteiger partial charge in [-0.05, 0) is 46.0 Å². The fraction of sp³-hybridized carbons (Fsp3) is 0.850. The third-order valence-electron chi connectivity index (χ3n) is 3.94. The molecule has 0 bridgehead atoms. The first kappa shape index (κ1) is 20.7. The molecule has 21 heavy (non-hydrogen) atoms. The summed E-state index contributed by atoms with van der Waals surface area (Å²) in [5.41, 5.74) is 0. The predicted octanol–water partition coefficient (Wildman–Crippen LogP) is 6.87. The molecule has 0 N–H and O–H groups in total. The Morgan fingerprint density at radius 2 is 1.29 bits per heavy atom. The van der Waals surface area contributed by atoms with Crippen molar-refractivity contribution in [3.63, 3.8) is 0 Å². The number of hydrogen-bond donors (Lipinski definition) is 0. The van der Waals surface area contributed by atoms with Gasteiger partial charge in [-0.3, -0.25) is 0 Å². The first-order chi connectivity index (χ1) is 10.3. The van der Waals surface area contributed by atoms with Gasteiger partial charge in [0.2, 0.25) is 0 Å². The van der Waals surface area contributed by atoms with Gasteiger partial charge in [-0.1, -0.05) is 70.4 Å². The predicted molar refractivity (Wildman–Crippen MR) is 95.6 cm³/mol. The van der Waals surface area contributed by atoms with Gasteiger partial charge in [-0.25, -0.2) is 0 Å². The summed E-state index contributed by atoms with van der Waals surface area (Å²) in [4.78, 5) is 0. The van der Waals surface area contributed by atoms with Crippen LogP contribution in [0.3, 0.4) is 0 Å². The maximum Gasteiger partial charge on any atom is 0.0576 e. The van der Waals surface area contributed by atoms with Crippen LogP contribution >= 0.6 is 0 Å². The summed E-state index contributed by atoms with van der Waals surface area (Å²) in [5, 5.41) is 0. The molecule has 0 heterocycles. The number of ether oxygens (including phenoxy) is 1. The lowest BCUT2D eigenvalue weighted by atomic mass is 10.1. The number of unbranched alkanes of at least 4 members (excludes halogenated alkanes) is 10. The average Bonchev–Trinajstić information content (AvgIpc) is 2.48. The highest BCUT2D eigenvalue weighted by Gasteiger charge is 1.99. The molecule has 125 valence electrons. The fourth-order valence-corrected chi connectivity index (χ4v) is 2.59. The Morgan fingerprint density at radius 3 is 1.86 bits per heavy atom. The Kier molecular flexibility index (Phi) is 17.5. The third kappa shape index (κ3) is 17.6. The van der Waals surface area contributed by atoms with Crippen molar-refractivity contribution in [2.45, 2.75) is 103 Å². The summed E-state index contributed by atoms with van der Waals surface area (Å²) in [6.07, 6.45) is 22.3. The second-order valence-electron chi connectivity index (χ2n) is 6.10. The topological polar surface area (TPSA) is 9.23 Å². The van der Waals surface area contributed by atoms with E-state index in [1.165, 1.54) is 77.0 Å². The Morgan fingerprint density at radius 1 is 0.762 bits per heavy atom. The molecule has 1 radical (unpaired) electrons. The van der Waals surface area contributed by atoms with Crippen LogP contribution in [0.5, 0.6) is 0 Å². The lowest BCUT2D eigenvalue weighted by Gasteiger charge is -2.10. The van der Waals surface area contributed by atoms with Crippen molar-refractivity contribution in [2.75, 3.05) is 6.61 Å². The van der Waals surface area contributed by atoms with Gasteiger partial charge >= 0.3 is 0 Å². The lowest BCUT2D eigenvalue weighted by molar-refractivity contribution is 0.0863. The molecule has 0 aliphatic heterocycles. The van der Waals surface area contributed by atoms with Crippen LogP contribution in [-0.2, 0) is 4.74 Å². The first-order valence-electron chi connectivity index (χ1n) is 9.40. The van der Waals surface area contributed by atoms with E-state index < -0.39 is 0 Å². The normalized spacial score (nSPS) is 13.1. The van der Waals surface area contributed by atoms with Crippen LogP contribution in [0.25, 0.3) is 0 Å². The SMILES string of the molecule is [CH2]C(CCCCCC/C=C\CCCCCCCC)OCC. The van der Waals surface area contributed by atoms with E-state index in [-0.39, 0.29) is 6.10 Å². The Labute approximate surface area is 134 Å². The van der Waals surface area contributed by atoms with Crippen molar-refractivity contribution in [3.05, 3.63) is 19.1 Å². The van der Waals surface area contributed by atoms with Gasteiger partial charge in [0.1, 0.15) is 0 Å². The molecule has 0 amide bonds. The quantitative estimate of drug-likeness (QED) is 0.223. The highest BCUT2D eigenvalue weighted by atomic mass is 16.5. The molecule has 1 heteroatoms. The molecule has 0 aromatic heterocycles. The van der Waals surface area contributed by atoms with E-state index in [4.69, 9.17) is 4.74 Å². The van der Waals surface area contributed by atoms with Gasteiger partial charge < -0.3 is 4.74 Å². The molecule has 0 aromatic carbocycles. The van der Waals surface area contributed by atoms with Gasteiger partial charge in [0, 0.05) is 6.61 Å². The van der Waals surface area contributed by atoms with E-state index in [0.717, 1.165) is 13.0 Å². The zero-order valence-electron chi connectivity index (χ0n) is 14.7. The van der Waals surface area contributed by atoms with Crippen molar-refractivity contribution in [3.8, 4) is 0 Å². The van der Waals surface area contributed by atoms with Crippen molar-refractivity contribution < 1.29 is 4.74 Å². The first-order valence-corrected chi connectivity index (χ1v) is 9.40. The van der Waals surface area contributed by atoms with Gasteiger partial charge in [0.05, 0.1) is 6.10 Å². The molecule has 1 unspecified atom stereocenters. The van der Waals surface area contributed by atoms with Crippen molar-refractivity contribution >= 4 is 0 Å². The van der Waals surface area contributed by atoms with Crippen LogP contribution < -0.4 is 0 Å². The molecule has 0 spiro atoms. The van der Waals surface area contributed by atoms with Gasteiger partial charge in [0.15, 0.2) is 0 Å². The van der Waals surface area contributed by atoms with Crippen LogP contribution in [0.1, 0.15) is 97.3 Å². The van der Waals surface area contributed by atoms with E-state index in [9.17, 15) is 0 Å². The van der Waals surface area contributed by atoms with E-state index in [2.05, 4.69) is 26.0 Å². The highest BCUT2D eigenvalue weighted by molar-refractivity contribution is 4.81. The van der Waals surface area contributed by atoms with Crippen LogP contribution in [0.4, 0.5) is 0 Å². The van der Waals surface area contributed by atoms with Crippen molar-refractivity contribution in [2.24, 2.45) is 0 Å². The van der Waals surface area contributed by atoms with Gasteiger partial charge in [-0.15, -0.1) is 0 Å². The highest BCUT2D eigenvalue weighted by Crippen LogP contribution is 2.10. The second kappa shape index (κ2) is 17.8. The average molecular weight is 296 g/mol. The Hall–Kier alpha value is -0.300. The minimum absolute atomic E-state index is 0.201. The maximum atomic E-state index is 5.43. The summed E-state index contributed by atoms with van der Waals surface area (Å²) in [7, 11) is 0. The summed E-state index contributed by atoms with van der Waals surface area (Å²) >= 11 is 0. The van der Waals surface area contributed by atoms with Crippen LogP contribution in [0, 0.1) is 6.92 Å². The minimum Gasteiger partial charge on any atom is -0.379 e. The van der Waals surface area contributed by atoms with Crippen LogP contribution in [0.15, 0.2) is 12.2 Å². The summed E-state index contributed by atoms with van der Waals surface area (Å²) < 4.78 is 5.43. The molecule has 0 saturated heterocycles. The fourth-order valence-electron chi connectivity index (χ4n) is 2.59. The summed E-state index contributed by atoms with van der Waals surface area (Å²) in [6.45, 7) is 9.10. The summed E-state index contributed by atoms with van der Waals surface area (Å²) in [6, 6.07) is 0. The zero-order valence-corrected chi connectivity index (χ0v) is 14.7. The minimum atomic E-state index is 0.201. The summed E-state index contributed by atoms with van der Waals surface area (Å²) in [5.74, 6) is 0. The van der Waals surface area contributed by atoms with E-state index in [0.29, 0.717) is 0 Å². The van der Waals surface area contributed by atoms with Crippen LogP contribution in [0.2, 0.25) is 0 Å². The van der Waals surface area contributed by atoms with Gasteiger partial charge in [-0.2, -0.15) is 0 Å².